The molecule has 1 aliphatic rings. The number of nitrogens with one attached hydrogen (secondary N) is 1. The maximum Gasteiger partial charge on any atom is 0.0568 e. The third-order valence-electron chi connectivity index (χ3n) is 3.31. The molecular formula is C13H21N3. The molecule has 0 aliphatic heterocycles. The summed E-state index contributed by atoms with van der Waals surface area (Å²) in [4.78, 5) is 0. The van der Waals surface area contributed by atoms with Gasteiger partial charge in [-0.05, 0) is 31.0 Å². The van der Waals surface area contributed by atoms with Crippen LogP contribution < -0.4 is 16.8 Å². The van der Waals surface area contributed by atoms with Crippen LogP contribution in [0.5, 0.6) is 0 Å². The Balaban J connectivity index is 1.99. The number of benzene rings is 1. The molecule has 5 N–H and O–H groups in total. The molecule has 0 radical (unpaired) electrons. The lowest BCUT2D eigenvalue weighted by Crippen LogP contribution is -2.18. The predicted molar refractivity (Wildman–Crippen MR) is 70.4 cm³/mol. The smallest absolute Gasteiger partial charge is 0.0568 e. The lowest BCUT2D eigenvalue weighted by Gasteiger charge is -2.18. The average molecular weight is 219 g/mol. The zero-order valence-corrected chi connectivity index (χ0v) is 9.71. The average Bonchev–Trinajstić information content (AvgIpc) is 2.52. The van der Waals surface area contributed by atoms with Crippen LogP contribution in [-0.4, -0.2) is 6.04 Å². The van der Waals surface area contributed by atoms with Crippen molar-refractivity contribution in [2.75, 3.05) is 16.8 Å². The summed E-state index contributed by atoms with van der Waals surface area (Å²) in [6.07, 6.45) is 7.96. The van der Waals surface area contributed by atoms with Crippen molar-refractivity contribution in [3.05, 3.63) is 18.2 Å². The number of anilines is 3. The van der Waals surface area contributed by atoms with Crippen molar-refractivity contribution in [3.63, 3.8) is 0 Å². The second-order valence-electron chi connectivity index (χ2n) is 4.68. The van der Waals surface area contributed by atoms with Gasteiger partial charge in [-0.25, -0.2) is 0 Å². The molecule has 3 nitrogen and oxygen atoms in total. The van der Waals surface area contributed by atoms with E-state index in [1.54, 1.807) is 0 Å². The van der Waals surface area contributed by atoms with Gasteiger partial charge in [0.25, 0.3) is 0 Å². The molecule has 88 valence electrons. The third kappa shape index (κ3) is 2.81. The Morgan fingerprint density at radius 3 is 2.25 bits per heavy atom. The van der Waals surface area contributed by atoms with Crippen LogP contribution in [0.1, 0.15) is 38.5 Å². The fraction of sp³-hybridized carbons (Fsp3) is 0.538. The van der Waals surface area contributed by atoms with Crippen molar-refractivity contribution in [1.29, 1.82) is 0 Å². The standard InChI is InChI=1S/C13H21N3/c14-12-8-7-11(9-13(12)15)16-10-5-3-1-2-4-6-10/h7-10,16H,1-6,14-15H2. The summed E-state index contributed by atoms with van der Waals surface area (Å²) >= 11 is 0. The molecule has 0 unspecified atom stereocenters. The summed E-state index contributed by atoms with van der Waals surface area (Å²) in [6, 6.07) is 6.41. The molecule has 16 heavy (non-hydrogen) atoms. The van der Waals surface area contributed by atoms with Crippen molar-refractivity contribution >= 4 is 17.1 Å². The number of hydrogen-bond acceptors (Lipinski definition) is 3. The quantitative estimate of drug-likeness (QED) is 0.529. The molecule has 1 fully saturated rings. The first-order valence-corrected chi connectivity index (χ1v) is 6.17. The second kappa shape index (κ2) is 5.10. The normalized spacial score (nSPS) is 18.0. The predicted octanol–water partition coefficient (Wildman–Crippen LogP) is 2.99. The van der Waals surface area contributed by atoms with Gasteiger partial charge in [0.2, 0.25) is 0 Å². The van der Waals surface area contributed by atoms with Gasteiger partial charge in [-0.3, -0.25) is 0 Å². The molecular weight excluding hydrogens is 198 g/mol. The SMILES string of the molecule is Nc1ccc(NC2CCCCCC2)cc1N. The molecule has 0 spiro atoms. The maximum absolute atomic E-state index is 5.79. The minimum atomic E-state index is 0.602. The Bertz CT molecular complexity index is 341. The van der Waals surface area contributed by atoms with Crippen molar-refractivity contribution in [1.82, 2.24) is 0 Å². The van der Waals surface area contributed by atoms with Crippen LogP contribution in [0.3, 0.4) is 0 Å². The van der Waals surface area contributed by atoms with E-state index in [9.17, 15) is 0 Å². The Hall–Kier alpha value is -1.38. The minimum absolute atomic E-state index is 0.602. The Labute approximate surface area is 97.2 Å². The summed E-state index contributed by atoms with van der Waals surface area (Å²) < 4.78 is 0. The Morgan fingerprint density at radius 2 is 1.62 bits per heavy atom. The number of hydrogen-bond donors (Lipinski definition) is 3. The Morgan fingerprint density at radius 1 is 0.938 bits per heavy atom. The molecule has 0 aromatic heterocycles. The van der Waals surface area contributed by atoms with Gasteiger partial charge in [0.15, 0.2) is 0 Å². The van der Waals surface area contributed by atoms with Gasteiger partial charge in [0, 0.05) is 11.7 Å². The molecule has 1 aromatic carbocycles. The van der Waals surface area contributed by atoms with Crippen LogP contribution in [0.2, 0.25) is 0 Å². The molecule has 2 rings (SSSR count). The van der Waals surface area contributed by atoms with E-state index in [4.69, 9.17) is 11.5 Å². The molecule has 3 heteroatoms. The summed E-state index contributed by atoms with van der Waals surface area (Å²) in [6.45, 7) is 0. The van der Waals surface area contributed by atoms with Crippen molar-refractivity contribution in [2.45, 2.75) is 44.6 Å². The lowest BCUT2D eigenvalue weighted by molar-refractivity contribution is 0.620. The molecule has 0 saturated heterocycles. The molecule has 1 aromatic rings. The van der Waals surface area contributed by atoms with Gasteiger partial charge in [-0.2, -0.15) is 0 Å². The molecule has 0 amide bonds. The van der Waals surface area contributed by atoms with Gasteiger partial charge in [0.1, 0.15) is 0 Å². The first-order chi connectivity index (χ1) is 7.75. The highest BCUT2D eigenvalue weighted by atomic mass is 14.9. The highest BCUT2D eigenvalue weighted by Gasteiger charge is 2.11. The van der Waals surface area contributed by atoms with E-state index >= 15 is 0 Å². The number of nitrogen functional groups attached to an aromatic ring is 2. The van der Waals surface area contributed by atoms with E-state index in [0.29, 0.717) is 17.4 Å². The highest BCUT2D eigenvalue weighted by molar-refractivity contribution is 5.69. The molecule has 0 heterocycles. The van der Waals surface area contributed by atoms with Crippen molar-refractivity contribution in [3.8, 4) is 0 Å². The number of nitrogens with two attached hydrogens (primary N) is 2. The van der Waals surface area contributed by atoms with Gasteiger partial charge in [-0.15, -0.1) is 0 Å². The Kier molecular flexibility index (Phi) is 3.54. The van der Waals surface area contributed by atoms with Crippen LogP contribution in [0.25, 0.3) is 0 Å². The van der Waals surface area contributed by atoms with E-state index < -0.39 is 0 Å². The van der Waals surface area contributed by atoms with Crippen molar-refractivity contribution in [2.24, 2.45) is 0 Å². The van der Waals surface area contributed by atoms with Crippen molar-refractivity contribution < 1.29 is 0 Å². The first-order valence-electron chi connectivity index (χ1n) is 6.17. The monoisotopic (exact) mass is 219 g/mol. The van der Waals surface area contributed by atoms with Crippen LogP contribution in [0, 0.1) is 0 Å². The molecule has 1 aliphatic carbocycles. The minimum Gasteiger partial charge on any atom is -0.397 e. The van der Waals surface area contributed by atoms with E-state index in [0.717, 1.165) is 5.69 Å². The molecule has 1 saturated carbocycles. The maximum atomic E-state index is 5.79. The summed E-state index contributed by atoms with van der Waals surface area (Å²) in [5, 5.41) is 3.55. The van der Waals surface area contributed by atoms with E-state index in [-0.39, 0.29) is 0 Å². The van der Waals surface area contributed by atoms with Crippen LogP contribution in [0.15, 0.2) is 18.2 Å². The second-order valence-corrected chi connectivity index (χ2v) is 4.68. The van der Waals surface area contributed by atoms with E-state index in [1.165, 1.54) is 38.5 Å². The van der Waals surface area contributed by atoms with Gasteiger partial charge >= 0.3 is 0 Å². The first kappa shape index (κ1) is 11.1. The zero-order valence-electron chi connectivity index (χ0n) is 9.71. The third-order valence-corrected chi connectivity index (χ3v) is 3.31. The summed E-state index contributed by atoms with van der Waals surface area (Å²) in [5.74, 6) is 0. The largest absolute Gasteiger partial charge is 0.397 e. The summed E-state index contributed by atoms with van der Waals surface area (Å²) in [5.41, 5.74) is 13.9. The molecule has 0 bridgehead atoms. The lowest BCUT2D eigenvalue weighted by atomic mass is 10.1. The van der Waals surface area contributed by atoms with E-state index in [1.807, 2.05) is 18.2 Å². The van der Waals surface area contributed by atoms with Gasteiger partial charge in [-0.1, -0.05) is 25.7 Å². The van der Waals surface area contributed by atoms with Crippen LogP contribution in [-0.2, 0) is 0 Å². The van der Waals surface area contributed by atoms with Crippen LogP contribution in [0.4, 0.5) is 17.1 Å². The highest BCUT2D eigenvalue weighted by Crippen LogP contribution is 2.24. The number of rotatable bonds is 2. The van der Waals surface area contributed by atoms with E-state index in [2.05, 4.69) is 5.32 Å². The van der Waals surface area contributed by atoms with Gasteiger partial charge in [0.05, 0.1) is 11.4 Å². The summed E-state index contributed by atoms with van der Waals surface area (Å²) in [7, 11) is 0. The molecule has 0 atom stereocenters. The van der Waals surface area contributed by atoms with Crippen LogP contribution >= 0.6 is 0 Å². The zero-order chi connectivity index (χ0) is 11.4. The topological polar surface area (TPSA) is 64.1 Å². The fourth-order valence-electron chi connectivity index (χ4n) is 2.32. The fourth-order valence-corrected chi connectivity index (χ4v) is 2.32. The van der Waals surface area contributed by atoms with Gasteiger partial charge < -0.3 is 16.8 Å².